The van der Waals surface area contributed by atoms with Crippen LogP contribution in [0.15, 0.2) is 30.9 Å². The normalized spacial score (nSPS) is 11.4. The molecular weight excluding hydrogens is 380 g/mol. The van der Waals surface area contributed by atoms with E-state index in [2.05, 4.69) is 22.5 Å². The zero-order valence-electron chi connectivity index (χ0n) is 18.5. The van der Waals surface area contributed by atoms with Crippen molar-refractivity contribution >= 4 is 23.8 Å². The third kappa shape index (κ3) is 7.99. The van der Waals surface area contributed by atoms with Crippen molar-refractivity contribution in [3.8, 4) is 0 Å². The van der Waals surface area contributed by atoms with E-state index in [1.165, 1.54) is 17.7 Å². The van der Waals surface area contributed by atoms with Crippen LogP contribution in [0.4, 0.5) is 5.69 Å². The highest BCUT2D eigenvalue weighted by Gasteiger charge is 2.27. The molecule has 2 amide bonds. The van der Waals surface area contributed by atoms with Gasteiger partial charge in [-0.15, -0.1) is 6.58 Å². The Labute approximate surface area is 180 Å². The molecule has 1 unspecified atom stereocenters. The van der Waals surface area contributed by atoms with Crippen LogP contribution in [0, 0.1) is 0 Å². The van der Waals surface area contributed by atoms with Crippen LogP contribution in [0.5, 0.6) is 0 Å². The van der Waals surface area contributed by atoms with Crippen molar-refractivity contribution in [2.75, 3.05) is 39.5 Å². The number of aldehydes is 1. The molecule has 3 N–H and O–H groups in total. The lowest BCUT2D eigenvalue weighted by atomic mass is 10.0. The Balaban J connectivity index is 2.78. The van der Waals surface area contributed by atoms with Gasteiger partial charge in [0.1, 0.15) is 6.04 Å². The van der Waals surface area contributed by atoms with Gasteiger partial charge in [0.2, 0.25) is 5.91 Å². The molecule has 1 rings (SSSR count). The number of carbonyl (C=O) groups excluding carboxylic acids is 3. The molecule has 0 heterocycles. The quantitative estimate of drug-likeness (QED) is 0.232. The molecule has 1 atom stereocenters. The summed E-state index contributed by atoms with van der Waals surface area (Å²) in [6.45, 7) is 5.52. The standard InChI is InChI=1S/C23H36N4O3/c1-5-6-11-21(22(29)25-3)27(4)23(30)20-13-12-19(16-18(20)17-28)26-15-10-8-7-9-14-24-2/h5,12-13,16-17,21,24,26H,1,6-11,14-15H2,2-4H3,(H,25,29). The molecule has 0 aliphatic carbocycles. The maximum Gasteiger partial charge on any atom is 0.255 e. The highest BCUT2D eigenvalue weighted by atomic mass is 16.2. The van der Waals surface area contributed by atoms with Gasteiger partial charge in [0.15, 0.2) is 6.29 Å². The molecule has 0 aromatic heterocycles. The van der Waals surface area contributed by atoms with Gasteiger partial charge in [0.05, 0.1) is 5.56 Å². The van der Waals surface area contributed by atoms with Crippen LogP contribution < -0.4 is 16.0 Å². The highest BCUT2D eigenvalue weighted by molar-refractivity contribution is 6.03. The second kappa shape index (κ2) is 14.3. The zero-order chi connectivity index (χ0) is 22.4. The summed E-state index contributed by atoms with van der Waals surface area (Å²) in [6, 6.07) is 4.51. The van der Waals surface area contributed by atoms with E-state index in [1.54, 1.807) is 38.4 Å². The lowest BCUT2D eigenvalue weighted by molar-refractivity contribution is -0.125. The molecule has 7 heteroatoms. The number of nitrogens with one attached hydrogen (secondary N) is 3. The zero-order valence-corrected chi connectivity index (χ0v) is 18.5. The van der Waals surface area contributed by atoms with Crippen LogP contribution in [0.25, 0.3) is 0 Å². The topological polar surface area (TPSA) is 90.5 Å². The molecule has 0 radical (unpaired) electrons. The smallest absolute Gasteiger partial charge is 0.255 e. The molecule has 0 saturated heterocycles. The molecule has 0 aliphatic heterocycles. The Morgan fingerprint density at radius 3 is 2.43 bits per heavy atom. The van der Waals surface area contributed by atoms with E-state index in [9.17, 15) is 14.4 Å². The average molecular weight is 417 g/mol. The maximum atomic E-state index is 13.0. The third-order valence-electron chi connectivity index (χ3n) is 5.07. The average Bonchev–Trinajstić information content (AvgIpc) is 2.77. The number of carbonyl (C=O) groups is 3. The Morgan fingerprint density at radius 2 is 1.83 bits per heavy atom. The molecule has 166 valence electrons. The first kappa shape index (κ1) is 25.4. The number of rotatable bonds is 15. The molecule has 0 aliphatic rings. The van der Waals surface area contributed by atoms with Crippen molar-refractivity contribution in [1.29, 1.82) is 0 Å². The summed E-state index contributed by atoms with van der Waals surface area (Å²) in [6.07, 6.45) is 8.00. The molecule has 0 fully saturated rings. The van der Waals surface area contributed by atoms with Gasteiger partial charge in [-0.25, -0.2) is 0 Å². The second-order valence-corrected chi connectivity index (χ2v) is 7.28. The number of benzene rings is 1. The van der Waals surface area contributed by atoms with E-state index in [0.29, 0.717) is 24.7 Å². The molecule has 0 saturated carbocycles. The van der Waals surface area contributed by atoms with Crippen LogP contribution in [0.2, 0.25) is 0 Å². The lowest BCUT2D eigenvalue weighted by Crippen LogP contribution is -2.47. The van der Waals surface area contributed by atoms with E-state index >= 15 is 0 Å². The van der Waals surface area contributed by atoms with E-state index in [1.807, 2.05) is 7.05 Å². The second-order valence-electron chi connectivity index (χ2n) is 7.28. The fourth-order valence-electron chi connectivity index (χ4n) is 3.25. The Kier molecular flexibility index (Phi) is 12.1. The highest BCUT2D eigenvalue weighted by Crippen LogP contribution is 2.19. The summed E-state index contributed by atoms with van der Waals surface area (Å²) < 4.78 is 0. The van der Waals surface area contributed by atoms with Crippen LogP contribution in [-0.2, 0) is 4.79 Å². The largest absolute Gasteiger partial charge is 0.385 e. The van der Waals surface area contributed by atoms with Crippen molar-refractivity contribution in [2.45, 2.75) is 44.6 Å². The number of likely N-dealkylation sites (N-methyl/N-ethyl adjacent to an activating group) is 2. The minimum atomic E-state index is -0.624. The summed E-state index contributed by atoms with van der Waals surface area (Å²) in [7, 11) is 5.08. The predicted octanol–water partition coefficient (Wildman–Crippen LogP) is 2.84. The number of unbranched alkanes of at least 4 members (excludes halogenated alkanes) is 3. The van der Waals surface area contributed by atoms with Crippen molar-refractivity contribution in [1.82, 2.24) is 15.5 Å². The summed E-state index contributed by atoms with van der Waals surface area (Å²) in [4.78, 5) is 38.2. The van der Waals surface area contributed by atoms with Crippen molar-refractivity contribution in [3.05, 3.63) is 42.0 Å². The van der Waals surface area contributed by atoms with Gasteiger partial charge < -0.3 is 20.9 Å². The van der Waals surface area contributed by atoms with E-state index < -0.39 is 6.04 Å². The van der Waals surface area contributed by atoms with Gasteiger partial charge in [-0.1, -0.05) is 18.9 Å². The number of hydrogen-bond donors (Lipinski definition) is 3. The molecule has 7 nitrogen and oxygen atoms in total. The first-order chi connectivity index (χ1) is 14.5. The van der Waals surface area contributed by atoms with Gasteiger partial charge in [0.25, 0.3) is 5.91 Å². The molecule has 30 heavy (non-hydrogen) atoms. The third-order valence-corrected chi connectivity index (χ3v) is 5.07. The number of allylic oxidation sites excluding steroid dienone is 1. The van der Waals surface area contributed by atoms with Crippen LogP contribution >= 0.6 is 0 Å². The van der Waals surface area contributed by atoms with Crippen LogP contribution in [-0.4, -0.2) is 63.3 Å². The fraction of sp³-hybridized carbons (Fsp3) is 0.522. The summed E-state index contributed by atoms with van der Waals surface area (Å²) >= 11 is 0. The minimum Gasteiger partial charge on any atom is -0.385 e. The molecule has 0 bridgehead atoms. The van der Waals surface area contributed by atoms with Gasteiger partial charge in [-0.05, 0) is 57.5 Å². The Bertz CT molecular complexity index is 706. The van der Waals surface area contributed by atoms with Gasteiger partial charge >= 0.3 is 0 Å². The number of anilines is 1. The SMILES string of the molecule is C=CCCC(C(=O)NC)N(C)C(=O)c1ccc(NCCCCCCNC)cc1C=O. The summed E-state index contributed by atoms with van der Waals surface area (Å²) in [5.41, 5.74) is 1.41. The summed E-state index contributed by atoms with van der Waals surface area (Å²) in [5, 5.41) is 9.04. The monoisotopic (exact) mass is 416 g/mol. The Morgan fingerprint density at radius 1 is 1.13 bits per heavy atom. The molecule has 0 spiro atoms. The molecular formula is C23H36N4O3. The summed E-state index contributed by atoms with van der Waals surface area (Å²) in [5.74, 6) is -0.598. The number of amides is 2. The predicted molar refractivity (Wildman–Crippen MR) is 122 cm³/mol. The molecule has 1 aromatic carbocycles. The minimum absolute atomic E-state index is 0.242. The van der Waals surface area contributed by atoms with Crippen molar-refractivity contribution < 1.29 is 14.4 Å². The Hall–Kier alpha value is -2.67. The maximum absolute atomic E-state index is 13.0. The van der Waals surface area contributed by atoms with Gasteiger partial charge in [-0.3, -0.25) is 14.4 Å². The first-order valence-corrected chi connectivity index (χ1v) is 10.6. The van der Waals surface area contributed by atoms with Crippen molar-refractivity contribution in [3.63, 3.8) is 0 Å². The van der Waals surface area contributed by atoms with E-state index in [4.69, 9.17) is 0 Å². The van der Waals surface area contributed by atoms with Gasteiger partial charge in [-0.2, -0.15) is 0 Å². The molecule has 1 aromatic rings. The number of hydrogen-bond acceptors (Lipinski definition) is 5. The number of nitrogens with zero attached hydrogens (tertiary/aromatic N) is 1. The van der Waals surface area contributed by atoms with Crippen molar-refractivity contribution in [2.24, 2.45) is 0 Å². The van der Waals surface area contributed by atoms with Gasteiger partial charge in [0, 0.05) is 31.9 Å². The van der Waals surface area contributed by atoms with Crippen LogP contribution in [0.3, 0.4) is 0 Å². The van der Waals surface area contributed by atoms with E-state index in [0.717, 1.165) is 31.6 Å². The fourth-order valence-corrected chi connectivity index (χ4v) is 3.25. The van der Waals surface area contributed by atoms with Crippen LogP contribution in [0.1, 0.15) is 59.2 Å². The lowest BCUT2D eigenvalue weighted by Gasteiger charge is -2.27. The van der Waals surface area contributed by atoms with E-state index in [-0.39, 0.29) is 17.4 Å². The first-order valence-electron chi connectivity index (χ1n) is 10.6.